The molecule has 0 fully saturated rings. The van der Waals surface area contributed by atoms with E-state index in [1.807, 2.05) is 36.4 Å². The summed E-state index contributed by atoms with van der Waals surface area (Å²) in [6.07, 6.45) is 0. The number of aliphatic hydroxyl groups excluding tert-OH is 1. The van der Waals surface area contributed by atoms with Crippen molar-refractivity contribution in [3.05, 3.63) is 60.2 Å². The third-order valence-corrected chi connectivity index (χ3v) is 2.53. The van der Waals surface area contributed by atoms with Crippen LogP contribution in [0.1, 0.15) is 12.5 Å². The van der Waals surface area contributed by atoms with Crippen molar-refractivity contribution in [1.82, 2.24) is 0 Å². The first-order valence-corrected chi connectivity index (χ1v) is 5.92. The molecule has 0 bridgehead atoms. The predicted molar refractivity (Wildman–Crippen MR) is 76.7 cm³/mol. The van der Waals surface area contributed by atoms with E-state index in [0.717, 1.165) is 18.1 Å². The van der Waals surface area contributed by atoms with Crippen molar-refractivity contribution in [2.45, 2.75) is 13.5 Å². The Kier molecular flexibility index (Phi) is 5.76. The lowest BCUT2D eigenvalue weighted by molar-refractivity contribution is -0.140. The number of carbonyl (C=O) groups is 1. The maximum absolute atomic E-state index is 11.3. The number of esters is 1. The molecule has 0 aliphatic carbocycles. The molecule has 2 rings (SSSR count). The second kappa shape index (κ2) is 7.34. The van der Waals surface area contributed by atoms with Crippen molar-refractivity contribution in [3.8, 4) is 0 Å². The van der Waals surface area contributed by atoms with Gasteiger partial charge in [-0.15, -0.1) is 0 Å². The number of hydrogen-bond donors (Lipinski definition) is 1. The molecule has 100 valence electrons. The molecule has 0 saturated carbocycles. The highest BCUT2D eigenvalue weighted by atomic mass is 16.5. The number of hydrogen-bond acceptors (Lipinski definition) is 3. The molecule has 0 amide bonds. The highest BCUT2D eigenvalue weighted by Gasteiger charge is 2.03. The van der Waals surface area contributed by atoms with Crippen molar-refractivity contribution in [3.63, 3.8) is 0 Å². The molecular formula is C16H18O3. The fourth-order valence-electron chi connectivity index (χ4n) is 1.60. The number of fused-ring (bicyclic) bond motifs is 1. The molecule has 0 aliphatic heterocycles. The SMILES string of the molecule is C=C(C)C(=O)OCc1ccc2ccccc2c1.CO. The zero-order valence-electron chi connectivity index (χ0n) is 11.2. The van der Waals surface area contributed by atoms with Crippen LogP contribution < -0.4 is 0 Å². The Labute approximate surface area is 113 Å². The molecule has 0 heterocycles. The van der Waals surface area contributed by atoms with E-state index in [-0.39, 0.29) is 12.6 Å². The Morgan fingerprint density at radius 3 is 2.42 bits per heavy atom. The summed E-state index contributed by atoms with van der Waals surface area (Å²) in [6.45, 7) is 5.47. The Morgan fingerprint density at radius 2 is 1.79 bits per heavy atom. The Morgan fingerprint density at radius 1 is 1.16 bits per heavy atom. The molecule has 0 spiro atoms. The largest absolute Gasteiger partial charge is 0.457 e. The first kappa shape index (κ1) is 14.9. The van der Waals surface area contributed by atoms with Crippen molar-refractivity contribution in [2.24, 2.45) is 0 Å². The van der Waals surface area contributed by atoms with Gasteiger partial charge in [-0.1, -0.05) is 43.0 Å². The quantitative estimate of drug-likeness (QED) is 0.680. The molecule has 3 nitrogen and oxygen atoms in total. The van der Waals surface area contributed by atoms with Gasteiger partial charge in [0.15, 0.2) is 0 Å². The summed E-state index contributed by atoms with van der Waals surface area (Å²) < 4.78 is 5.10. The molecule has 19 heavy (non-hydrogen) atoms. The zero-order valence-corrected chi connectivity index (χ0v) is 11.2. The Hall–Kier alpha value is -2.13. The number of benzene rings is 2. The van der Waals surface area contributed by atoms with Crippen LogP contribution in [-0.4, -0.2) is 18.2 Å². The van der Waals surface area contributed by atoms with E-state index in [0.29, 0.717) is 5.57 Å². The second-order valence-corrected chi connectivity index (χ2v) is 4.04. The monoisotopic (exact) mass is 258 g/mol. The van der Waals surface area contributed by atoms with Gasteiger partial charge in [-0.25, -0.2) is 4.79 Å². The lowest BCUT2D eigenvalue weighted by atomic mass is 10.1. The van der Waals surface area contributed by atoms with Crippen LogP contribution in [0.15, 0.2) is 54.6 Å². The van der Waals surface area contributed by atoms with E-state index in [1.54, 1.807) is 6.92 Å². The number of aliphatic hydroxyl groups is 1. The first-order chi connectivity index (χ1) is 9.16. The Balaban J connectivity index is 0.000000861. The maximum Gasteiger partial charge on any atom is 0.333 e. The second-order valence-electron chi connectivity index (χ2n) is 4.04. The molecule has 0 atom stereocenters. The molecule has 2 aromatic rings. The summed E-state index contributed by atoms with van der Waals surface area (Å²) in [4.78, 5) is 11.3. The Bertz CT molecular complexity index is 573. The van der Waals surface area contributed by atoms with Crippen molar-refractivity contribution in [2.75, 3.05) is 7.11 Å². The van der Waals surface area contributed by atoms with E-state index in [9.17, 15) is 4.79 Å². The van der Waals surface area contributed by atoms with Gasteiger partial charge in [-0.2, -0.15) is 0 Å². The molecular weight excluding hydrogens is 240 g/mol. The lowest BCUT2D eigenvalue weighted by Crippen LogP contribution is -2.04. The topological polar surface area (TPSA) is 46.5 Å². The summed E-state index contributed by atoms with van der Waals surface area (Å²) in [5, 5.41) is 9.33. The van der Waals surface area contributed by atoms with Gasteiger partial charge in [0.1, 0.15) is 6.61 Å². The minimum atomic E-state index is -0.349. The number of carbonyl (C=O) groups excluding carboxylic acids is 1. The van der Waals surface area contributed by atoms with Crippen molar-refractivity contribution >= 4 is 16.7 Å². The van der Waals surface area contributed by atoms with Crippen LogP contribution in [-0.2, 0) is 16.1 Å². The smallest absolute Gasteiger partial charge is 0.333 e. The first-order valence-electron chi connectivity index (χ1n) is 5.92. The van der Waals surface area contributed by atoms with Gasteiger partial charge >= 0.3 is 5.97 Å². The van der Waals surface area contributed by atoms with Crippen LogP contribution in [0.2, 0.25) is 0 Å². The minimum absolute atomic E-state index is 0.288. The summed E-state index contributed by atoms with van der Waals surface area (Å²) in [7, 11) is 1.00. The van der Waals surface area contributed by atoms with Crippen molar-refractivity contribution in [1.29, 1.82) is 0 Å². The molecule has 2 aromatic carbocycles. The van der Waals surface area contributed by atoms with Gasteiger partial charge in [0.2, 0.25) is 0 Å². The van der Waals surface area contributed by atoms with Crippen LogP contribution in [0.4, 0.5) is 0 Å². The van der Waals surface area contributed by atoms with Gasteiger partial charge in [0, 0.05) is 12.7 Å². The summed E-state index contributed by atoms with van der Waals surface area (Å²) in [5.41, 5.74) is 1.41. The third kappa shape index (κ3) is 4.23. The van der Waals surface area contributed by atoms with Crippen LogP contribution in [0.5, 0.6) is 0 Å². The van der Waals surface area contributed by atoms with Gasteiger partial charge < -0.3 is 9.84 Å². The average molecular weight is 258 g/mol. The zero-order chi connectivity index (χ0) is 14.3. The molecule has 0 aromatic heterocycles. The fraction of sp³-hybridized carbons (Fsp3) is 0.188. The standard InChI is InChI=1S/C15H14O2.CH4O/c1-11(2)15(16)17-10-12-7-8-13-5-3-4-6-14(13)9-12;1-2/h3-9H,1,10H2,2H3;2H,1H3. The summed E-state index contributed by atoms with van der Waals surface area (Å²) >= 11 is 0. The highest BCUT2D eigenvalue weighted by molar-refractivity contribution is 5.87. The minimum Gasteiger partial charge on any atom is -0.457 e. The van der Waals surface area contributed by atoms with Crippen LogP contribution >= 0.6 is 0 Å². The predicted octanol–water partition coefficient (Wildman–Crippen LogP) is 3.07. The van der Waals surface area contributed by atoms with Gasteiger partial charge in [-0.3, -0.25) is 0 Å². The average Bonchev–Trinajstić information content (AvgIpc) is 2.46. The lowest BCUT2D eigenvalue weighted by Gasteiger charge is -2.05. The van der Waals surface area contributed by atoms with Crippen molar-refractivity contribution < 1.29 is 14.6 Å². The number of ether oxygens (including phenoxy) is 1. The van der Waals surface area contributed by atoms with Crippen LogP contribution in [0.25, 0.3) is 10.8 Å². The molecule has 0 saturated heterocycles. The highest BCUT2D eigenvalue weighted by Crippen LogP contribution is 2.16. The molecule has 0 unspecified atom stereocenters. The third-order valence-electron chi connectivity index (χ3n) is 2.53. The molecule has 3 heteroatoms. The molecule has 1 N–H and O–H groups in total. The maximum atomic E-state index is 11.3. The van der Waals surface area contributed by atoms with Gasteiger partial charge in [0.25, 0.3) is 0 Å². The van der Waals surface area contributed by atoms with Gasteiger partial charge in [0.05, 0.1) is 0 Å². The summed E-state index contributed by atoms with van der Waals surface area (Å²) in [5.74, 6) is -0.349. The molecule has 0 aliphatic rings. The summed E-state index contributed by atoms with van der Waals surface area (Å²) in [6, 6.07) is 14.1. The van der Waals surface area contributed by atoms with E-state index in [2.05, 4.69) is 12.6 Å². The van der Waals surface area contributed by atoms with E-state index in [1.165, 1.54) is 5.39 Å². The molecule has 0 radical (unpaired) electrons. The van der Waals surface area contributed by atoms with Gasteiger partial charge in [-0.05, 0) is 29.3 Å². The number of rotatable bonds is 3. The van der Waals surface area contributed by atoms with Crippen LogP contribution in [0.3, 0.4) is 0 Å². The normalized spacial score (nSPS) is 9.42. The van der Waals surface area contributed by atoms with E-state index >= 15 is 0 Å². The fourth-order valence-corrected chi connectivity index (χ4v) is 1.60. The van der Waals surface area contributed by atoms with E-state index < -0.39 is 0 Å². The van der Waals surface area contributed by atoms with Crippen LogP contribution in [0, 0.1) is 0 Å². The van der Waals surface area contributed by atoms with E-state index in [4.69, 9.17) is 9.84 Å².